The Morgan fingerprint density at radius 3 is 2.74 bits per heavy atom. The van der Waals surface area contributed by atoms with E-state index in [9.17, 15) is 4.79 Å². The Balaban J connectivity index is 1.95. The van der Waals surface area contributed by atoms with Crippen LogP contribution in [0.25, 0.3) is 21.9 Å². The van der Waals surface area contributed by atoms with E-state index in [2.05, 4.69) is 0 Å². The first kappa shape index (κ1) is 11.8. The van der Waals surface area contributed by atoms with Gasteiger partial charge in [-0.15, -0.1) is 0 Å². The Kier molecular flexibility index (Phi) is 2.95. The third-order valence-corrected chi connectivity index (χ3v) is 3.07. The van der Waals surface area contributed by atoms with Crippen molar-refractivity contribution in [1.82, 2.24) is 0 Å². The van der Waals surface area contributed by atoms with Gasteiger partial charge in [0.25, 0.3) is 0 Å². The summed E-state index contributed by atoms with van der Waals surface area (Å²) < 4.78 is 11.3. The lowest BCUT2D eigenvalue weighted by Crippen LogP contribution is -2.02. The van der Waals surface area contributed by atoms with E-state index in [1.54, 1.807) is 6.92 Å². The van der Waals surface area contributed by atoms with E-state index in [1.807, 2.05) is 42.5 Å². The molecule has 0 N–H and O–H groups in total. The third-order valence-electron chi connectivity index (χ3n) is 3.07. The van der Waals surface area contributed by atoms with Gasteiger partial charge in [0.1, 0.15) is 22.7 Å². The minimum absolute atomic E-state index is 0.134. The summed E-state index contributed by atoms with van der Waals surface area (Å²) in [5.41, 5.74) is 1.72. The Morgan fingerprint density at radius 1 is 1.11 bits per heavy atom. The van der Waals surface area contributed by atoms with Crippen LogP contribution < -0.4 is 4.74 Å². The van der Waals surface area contributed by atoms with Gasteiger partial charge in [-0.2, -0.15) is 0 Å². The SMILES string of the molecule is CC(=O)CCOc1ccc2oc3ccccc3c2c1. The molecule has 19 heavy (non-hydrogen) atoms. The Labute approximate surface area is 110 Å². The quantitative estimate of drug-likeness (QED) is 0.707. The maximum atomic E-state index is 10.9. The van der Waals surface area contributed by atoms with Gasteiger partial charge >= 0.3 is 0 Å². The number of ketones is 1. The van der Waals surface area contributed by atoms with E-state index in [-0.39, 0.29) is 5.78 Å². The van der Waals surface area contributed by atoms with Crippen molar-refractivity contribution < 1.29 is 13.9 Å². The largest absolute Gasteiger partial charge is 0.493 e. The molecule has 0 aliphatic heterocycles. The highest BCUT2D eigenvalue weighted by molar-refractivity contribution is 6.05. The minimum Gasteiger partial charge on any atom is -0.493 e. The molecule has 3 aromatic rings. The summed E-state index contributed by atoms with van der Waals surface area (Å²) >= 11 is 0. The van der Waals surface area contributed by atoms with Crippen molar-refractivity contribution in [1.29, 1.82) is 0 Å². The summed E-state index contributed by atoms with van der Waals surface area (Å²) in [6, 6.07) is 13.6. The molecule has 3 heteroatoms. The van der Waals surface area contributed by atoms with Crippen LogP contribution in [0.2, 0.25) is 0 Å². The molecule has 0 saturated heterocycles. The number of furan rings is 1. The molecule has 0 radical (unpaired) electrons. The van der Waals surface area contributed by atoms with Crippen LogP contribution in [0.3, 0.4) is 0 Å². The molecular formula is C16H14O3. The number of hydrogen-bond donors (Lipinski definition) is 0. The van der Waals surface area contributed by atoms with Crippen LogP contribution in [-0.2, 0) is 4.79 Å². The Bertz CT molecular complexity index is 740. The van der Waals surface area contributed by atoms with Crippen LogP contribution >= 0.6 is 0 Å². The molecule has 0 atom stereocenters. The molecule has 96 valence electrons. The normalized spacial score (nSPS) is 11.0. The average Bonchev–Trinajstić information content (AvgIpc) is 2.76. The predicted octanol–water partition coefficient (Wildman–Crippen LogP) is 3.94. The minimum atomic E-state index is 0.134. The van der Waals surface area contributed by atoms with Gasteiger partial charge in [0.2, 0.25) is 0 Å². The molecule has 3 rings (SSSR count). The molecule has 3 nitrogen and oxygen atoms in total. The molecule has 0 aliphatic carbocycles. The smallest absolute Gasteiger partial charge is 0.135 e. The number of rotatable bonds is 4. The van der Waals surface area contributed by atoms with Crippen LogP contribution in [0.5, 0.6) is 5.75 Å². The molecule has 0 amide bonds. The Hall–Kier alpha value is -2.29. The first-order chi connectivity index (χ1) is 9.24. The fourth-order valence-electron chi connectivity index (χ4n) is 2.11. The molecule has 0 aliphatic rings. The maximum Gasteiger partial charge on any atom is 0.135 e. The fourth-order valence-corrected chi connectivity index (χ4v) is 2.11. The van der Waals surface area contributed by atoms with E-state index in [0.29, 0.717) is 13.0 Å². The molecule has 0 unspecified atom stereocenters. The van der Waals surface area contributed by atoms with Crippen molar-refractivity contribution in [2.45, 2.75) is 13.3 Å². The van der Waals surface area contributed by atoms with Gasteiger partial charge in [0.05, 0.1) is 6.61 Å². The zero-order chi connectivity index (χ0) is 13.2. The van der Waals surface area contributed by atoms with E-state index in [1.165, 1.54) is 0 Å². The predicted molar refractivity (Wildman–Crippen MR) is 74.5 cm³/mol. The fraction of sp³-hybridized carbons (Fsp3) is 0.188. The number of Topliss-reactive ketones (excluding diaryl/α,β-unsaturated/α-hetero) is 1. The van der Waals surface area contributed by atoms with E-state index in [0.717, 1.165) is 27.7 Å². The molecular weight excluding hydrogens is 240 g/mol. The highest BCUT2D eigenvalue weighted by Gasteiger charge is 2.07. The molecule has 1 aromatic heterocycles. The maximum absolute atomic E-state index is 10.9. The summed E-state index contributed by atoms with van der Waals surface area (Å²) in [4.78, 5) is 10.9. The topological polar surface area (TPSA) is 39.4 Å². The van der Waals surface area contributed by atoms with Crippen LogP contribution in [0.15, 0.2) is 46.9 Å². The number of carbonyl (C=O) groups is 1. The number of ether oxygens (including phenoxy) is 1. The standard InChI is InChI=1S/C16H14O3/c1-11(17)8-9-18-12-6-7-16-14(10-12)13-4-2-3-5-15(13)19-16/h2-7,10H,8-9H2,1H3. The van der Waals surface area contributed by atoms with Gasteiger partial charge in [-0.3, -0.25) is 4.79 Å². The second-order valence-corrected chi connectivity index (χ2v) is 4.56. The molecule has 0 fully saturated rings. The van der Waals surface area contributed by atoms with Crippen LogP contribution in [0.1, 0.15) is 13.3 Å². The number of carbonyl (C=O) groups excluding carboxylic acids is 1. The number of hydrogen-bond acceptors (Lipinski definition) is 3. The number of benzene rings is 2. The first-order valence-corrected chi connectivity index (χ1v) is 6.27. The Morgan fingerprint density at radius 2 is 1.89 bits per heavy atom. The van der Waals surface area contributed by atoms with Crippen LogP contribution in [0, 0.1) is 0 Å². The second kappa shape index (κ2) is 4.76. The van der Waals surface area contributed by atoms with Crippen molar-refractivity contribution >= 4 is 27.7 Å². The summed E-state index contributed by atoms with van der Waals surface area (Å²) in [6.07, 6.45) is 0.435. The van der Waals surface area contributed by atoms with Gasteiger partial charge < -0.3 is 9.15 Å². The first-order valence-electron chi connectivity index (χ1n) is 6.27. The molecule has 1 heterocycles. The zero-order valence-electron chi connectivity index (χ0n) is 10.7. The summed E-state index contributed by atoms with van der Waals surface area (Å²) in [5, 5.41) is 2.12. The van der Waals surface area contributed by atoms with Gasteiger partial charge in [-0.05, 0) is 31.2 Å². The summed E-state index contributed by atoms with van der Waals surface area (Å²) in [5.74, 6) is 0.898. The van der Waals surface area contributed by atoms with E-state index >= 15 is 0 Å². The zero-order valence-corrected chi connectivity index (χ0v) is 10.7. The molecule has 0 bridgehead atoms. The van der Waals surface area contributed by atoms with Gasteiger partial charge in [0.15, 0.2) is 0 Å². The van der Waals surface area contributed by atoms with E-state index < -0.39 is 0 Å². The lowest BCUT2D eigenvalue weighted by molar-refractivity contribution is -0.117. The van der Waals surface area contributed by atoms with Gasteiger partial charge in [-0.1, -0.05) is 18.2 Å². The second-order valence-electron chi connectivity index (χ2n) is 4.56. The summed E-state index contributed by atoms with van der Waals surface area (Å²) in [6.45, 7) is 1.98. The van der Waals surface area contributed by atoms with E-state index in [4.69, 9.17) is 9.15 Å². The molecule has 0 spiro atoms. The van der Waals surface area contributed by atoms with Crippen molar-refractivity contribution in [3.8, 4) is 5.75 Å². The molecule has 2 aromatic carbocycles. The van der Waals surface area contributed by atoms with Gasteiger partial charge in [-0.25, -0.2) is 0 Å². The highest BCUT2D eigenvalue weighted by Crippen LogP contribution is 2.31. The van der Waals surface area contributed by atoms with Gasteiger partial charge in [0, 0.05) is 17.2 Å². The number of fused-ring (bicyclic) bond motifs is 3. The van der Waals surface area contributed by atoms with Crippen molar-refractivity contribution in [2.24, 2.45) is 0 Å². The summed E-state index contributed by atoms with van der Waals surface area (Å²) in [7, 11) is 0. The number of para-hydroxylation sites is 1. The lowest BCUT2D eigenvalue weighted by Gasteiger charge is -2.04. The monoisotopic (exact) mass is 254 g/mol. The van der Waals surface area contributed by atoms with Crippen LogP contribution in [-0.4, -0.2) is 12.4 Å². The lowest BCUT2D eigenvalue weighted by atomic mass is 10.1. The van der Waals surface area contributed by atoms with Crippen LogP contribution in [0.4, 0.5) is 0 Å². The highest BCUT2D eigenvalue weighted by atomic mass is 16.5. The van der Waals surface area contributed by atoms with Crippen molar-refractivity contribution in [3.05, 3.63) is 42.5 Å². The van der Waals surface area contributed by atoms with Crippen molar-refractivity contribution in [2.75, 3.05) is 6.61 Å². The molecule has 0 saturated carbocycles. The average molecular weight is 254 g/mol. The third kappa shape index (κ3) is 2.32. The van der Waals surface area contributed by atoms with Crippen molar-refractivity contribution in [3.63, 3.8) is 0 Å².